The lowest BCUT2D eigenvalue weighted by atomic mass is 9.59. The minimum Gasteiger partial charge on any atom is -0.196 e. The van der Waals surface area contributed by atoms with E-state index in [0.29, 0.717) is 6.42 Å². The van der Waals surface area contributed by atoms with Crippen LogP contribution in [0.5, 0.6) is 0 Å². The van der Waals surface area contributed by atoms with Gasteiger partial charge >= 0.3 is 0 Å². The third kappa shape index (κ3) is 4.70. The number of hydrogen-bond acceptors (Lipinski definition) is 2. The van der Waals surface area contributed by atoms with Crippen LogP contribution in [0.1, 0.15) is 50.7 Å². The molecule has 1 aliphatic rings. The lowest BCUT2D eigenvalue weighted by molar-refractivity contribution is 0.324. The van der Waals surface area contributed by atoms with Gasteiger partial charge in [-0.1, -0.05) is 91.4 Å². The van der Waals surface area contributed by atoms with Gasteiger partial charge in [-0.25, -0.2) is 0 Å². The van der Waals surface area contributed by atoms with Crippen LogP contribution in [0.25, 0.3) is 6.08 Å². The Labute approximate surface area is 186 Å². The summed E-state index contributed by atoms with van der Waals surface area (Å²) in [5.74, 6) is 0.0577. The molecule has 0 aliphatic heterocycles. The number of nitriles is 2. The van der Waals surface area contributed by atoms with Crippen molar-refractivity contribution < 1.29 is 0 Å². The average molecular weight is 407 g/mol. The van der Waals surface area contributed by atoms with E-state index in [1.165, 1.54) is 5.56 Å². The highest BCUT2D eigenvalue weighted by atomic mass is 14.5. The number of benzene rings is 2. The van der Waals surface area contributed by atoms with Gasteiger partial charge < -0.3 is 0 Å². The van der Waals surface area contributed by atoms with E-state index in [1.54, 1.807) is 0 Å². The molecular weight excluding hydrogens is 376 g/mol. The molecule has 0 saturated carbocycles. The van der Waals surface area contributed by atoms with Crippen molar-refractivity contribution in [2.45, 2.75) is 44.9 Å². The maximum absolute atomic E-state index is 10.2. The van der Waals surface area contributed by atoms with Crippen molar-refractivity contribution in [1.29, 1.82) is 10.5 Å². The maximum atomic E-state index is 10.2. The summed E-state index contributed by atoms with van der Waals surface area (Å²) in [6.07, 6.45) is 9.85. The molecule has 156 valence electrons. The van der Waals surface area contributed by atoms with Crippen molar-refractivity contribution in [2.24, 2.45) is 11.3 Å². The van der Waals surface area contributed by atoms with Gasteiger partial charge in [-0.3, -0.25) is 0 Å². The second-order valence-corrected chi connectivity index (χ2v) is 8.80. The van der Waals surface area contributed by atoms with E-state index >= 15 is 0 Å². The molecule has 0 fully saturated rings. The smallest absolute Gasteiger partial charge is 0.168 e. The van der Waals surface area contributed by atoms with Crippen LogP contribution in [0.3, 0.4) is 0 Å². The summed E-state index contributed by atoms with van der Waals surface area (Å²) >= 11 is 0. The minimum absolute atomic E-state index is 0.0577. The summed E-state index contributed by atoms with van der Waals surface area (Å²) in [6, 6.07) is 25.5. The zero-order valence-electron chi connectivity index (χ0n) is 18.5. The summed E-state index contributed by atoms with van der Waals surface area (Å²) in [5, 5.41) is 20.3. The molecule has 2 aromatic rings. The van der Waals surface area contributed by atoms with Gasteiger partial charge in [0, 0.05) is 11.8 Å². The molecule has 0 heterocycles. The van der Waals surface area contributed by atoms with Crippen LogP contribution in [-0.4, -0.2) is 0 Å². The highest BCUT2D eigenvalue weighted by Gasteiger charge is 2.46. The standard InChI is InChI=1S/C29H30N2/c1-23(2)20-29(21-30,22-31)27-17-11-10-16-26(27)28(3,25-14-8-5-9-15-25)19-18-24-12-6-4-7-13-24/h4-9,12-15,17-19,26H,1,10-11,16,20H2,2-3H3/b19-18+/t26-,28+/m1/s1. The fourth-order valence-electron chi connectivity index (χ4n) is 4.80. The molecule has 2 heteroatoms. The minimum atomic E-state index is -1.17. The first-order chi connectivity index (χ1) is 14.9. The average Bonchev–Trinajstić information content (AvgIpc) is 2.82. The van der Waals surface area contributed by atoms with Crippen LogP contribution in [0.2, 0.25) is 0 Å². The molecular formula is C29H30N2. The summed E-state index contributed by atoms with van der Waals surface area (Å²) in [5.41, 5.74) is 2.62. The molecule has 2 nitrogen and oxygen atoms in total. The van der Waals surface area contributed by atoms with E-state index < -0.39 is 5.41 Å². The van der Waals surface area contributed by atoms with E-state index in [1.807, 2.05) is 31.2 Å². The summed E-state index contributed by atoms with van der Waals surface area (Å²) in [4.78, 5) is 0. The zero-order valence-corrected chi connectivity index (χ0v) is 18.5. The largest absolute Gasteiger partial charge is 0.196 e. The topological polar surface area (TPSA) is 47.6 Å². The highest BCUT2D eigenvalue weighted by molar-refractivity contribution is 5.54. The molecule has 0 N–H and O–H groups in total. The third-order valence-electron chi connectivity index (χ3n) is 6.42. The fourth-order valence-corrected chi connectivity index (χ4v) is 4.80. The predicted octanol–water partition coefficient (Wildman–Crippen LogP) is 7.38. The maximum Gasteiger partial charge on any atom is 0.168 e. The molecule has 2 atom stereocenters. The van der Waals surface area contributed by atoms with E-state index in [-0.39, 0.29) is 11.3 Å². The van der Waals surface area contributed by atoms with Crippen LogP contribution < -0.4 is 0 Å². The van der Waals surface area contributed by atoms with Gasteiger partial charge in [0.05, 0.1) is 12.1 Å². The van der Waals surface area contributed by atoms with Gasteiger partial charge in [0.15, 0.2) is 5.41 Å². The van der Waals surface area contributed by atoms with Gasteiger partial charge in [-0.05, 0) is 48.8 Å². The SMILES string of the molecule is C=C(C)CC(C#N)(C#N)C1=CCCC[C@H]1[C@@](C)(/C=C/c1ccccc1)c1ccccc1. The fraction of sp³-hybridized carbons (Fsp3) is 0.310. The van der Waals surface area contributed by atoms with Gasteiger partial charge in [-0.2, -0.15) is 10.5 Å². The van der Waals surface area contributed by atoms with Gasteiger partial charge in [0.1, 0.15) is 0 Å². The van der Waals surface area contributed by atoms with Crippen LogP contribution >= 0.6 is 0 Å². The zero-order chi connectivity index (χ0) is 22.3. The summed E-state index contributed by atoms with van der Waals surface area (Å²) < 4.78 is 0. The Hall–Kier alpha value is -3.36. The van der Waals surface area contributed by atoms with E-state index in [4.69, 9.17) is 0 Å². The first kappa shape index (κ1) is 22.3. The Bertz CT molecular complexity index is 1030. The molecule has 0 spiro atoms. The lowest BCUT2D eigenvalue weighted by Crippen LogP contribution is -2.38. The molecule has 0 unspecified atom stereocenters. The first-order valence-corrected chi connectivity index (χ1v) is 10.9. The van der Waals surface area contributed by atoms with E-state index in [2.05, 4.69) is 80.3 Å². The van der Waals surface area contributed by atoms with E-state index in [0.717, 1.165) is 36.0 Å². The second-order valence-electron chi connectivity index (χ2n) is 8.80. The molecule has 0 aromatic heterocycles. The van der Waals surface area contributed by atoms with Crippen LogP contribution in [0, 0.1) is 34.0 Å². The Morgan fingerprint density at radius 3 is 2.26 bits per heavy atom. The second kappa shape index (κ2) is 9.63. The van der Waals surface area contributed by atoms with Crippen molar-refractivity contribution >= 4 is 6.08 Å². The Balaban J connectivity index is 2.15. The number of allylic oxidation sites excluding steroid dienone is 4. The van der Waals surface area contributed by atoms with Crippen LogP contribution in [0.4, 0.5) is 0 Å². The van der Waals surface area contributed by atoms with Crippen molar-refractivity contribution in [2.75, 3.05) is 0 Å². The molecule has 1 aliphatic carbocycles. The highest BCUT2D eigenvalue weighted by Crippen LogP contribution is 2.50. The lowest BCUT2D eigenvalue weighted by Gasteiger charge is -2.43. The van der Waals surface area contributed by atoms with Crippen molar-refractivity contribution in [3.63, 3.8) is 0 Å². The molecule has 0 amide bonds. The van der Waals surface area contributed by atoms with Crippen LogP contribution in [-0.2, 0) is 5.41 Å². The first-order valence-electron chi connectivity index (χ1n) is 10.9. The van der Waals surface area contributed by atoms with Crippen molar-refractivity contribution in [1.82, 2.24) is 0 Å². The monoisotopic (exact) mass is 406 g/mol. The number of nitrogens with zero attached hydrogens (tertiary/aromatic N) is 2. The van der Waals surface area contributed by atoms with Gasteiger partial charge in [0.25, 0.3) is 0 Å². The number of rotatable bonds is 7. The Morgan fingerprint density at radius 2 is 1.68 bits per heavy atom. The molecule has 3 rings (SSSR count). The number of hydrogen-bond donors (Lipinski definition) is 0. The molecule has 31 heavy (non-hydrogen) atoms. The molecule has 0 radical (unpaired) electrons. The molecule has 0 bridgehead atoms. The van der Waals surface area contributed by atoms with Crippen molar-refractivity contribution in [3.8, 4) is 12.1 Å². The quantitative estimate of drug-likeness (QED) is 0.450. The Morgan fingerprint density at radius 1 is 1.06 bits per heavy atom. The van der Waals surface area contributed by atoms with Gasteiger partial charge in [-0.15, -0.1) is 6.58 Å². The summed E-state index contributed by atoms with van der Waals surface area (Å²) in [6.45, 7) is 8.15. The third-order valence-corrected chi connectivity index (χ3v) is 6.42. The predicted molar refractivity (Wildman–Crippen MR) is 128 cm³/mol. The normalized spacial score (nSPS) is 18.5. The Kier molecular flexibility index (Phi) is 6.94. The molecule has 0 saturated heterocycles. The molecule has 2 aromatic carbocycles. The summed E-state index contributed by atoms with van der Waals surface area (Å²) in [7, 11) is 0. The van der Waals surface area contributed by atoms with Crippen molar-refractivity contribution in [3.05, 3.63) is 102 Å². The van der Waals surface area contributed by atoms with Gasteiger partial charge in [0.2, 0.25) is 0 Å². The van der Waals surface area contributed by atoms with E-state index in [9.17, 15) is 10.5 Å². The van der Waals surface area contributed by atoms with Crippen LogP contribution in [0.15, 0.2) is 90.5 Å².